The van der Waals surface area contributed by atoms with Crippen molar-refractivity contribution in [2.75, 3.05) is 18.4 Å². The maximum atomic E-state index is 13.3. The lowest BCUT2D eigenvalue weighted by Gasteiger charge is -2.35. The highest BCUT2D eigenvalue weighted by Gasteiger charge is 2.34. The molecule has 2 aromatic rings. The Kier molecular flexibility index (Phi) is 6.52. The van der Waals surface area contributed by atoms with Crippen LogP contribution in [0.5, 0.6) is 0 Å². The molecule has 7 nitrogen and oxygen atoms in total. The largest absolute Gasteiger partial charge is 0.336 e. The number of amides is 2. The van der Waals surface area contributed by atoms with Gasteiger partial charge in [-0.1, -0.05) is 24.6 Å². The van der Waals surface area contributed by atoms with Crippen molar-refractivity contribution in [1.29, 1.82) is 5.26 Å². The second kappa shape index (κ2) is 9.07. The number of carbonyl (C=O) groups excluding carboxylic acids is 1. The fourth-order valence-electron chi connectivity index (χ4n) is 3.54. The Labute approximate surface area is 171 Å². The van der Waals surface area contributed by atoms with Crippen LogP contribution in [0.1, 0.15) is 30.4 Å². The van der Waals surface area contributed by atoms with Gasteiger partial charge in [-0.25, -0.2) is 13.2 Å². The Balaban J connectivity index is 1.72. The number of sulfonamides is 1. The second-order valence-corrected chi connectivity index (χ2v) is 8.92. The highest BCUT2D eigenvalue weighted by atomic mass is 32.2. The Morgan fingerprint density at radius 1 is 1.21 bits per heavy atom. The topological polar surface area (TPSA) is 102 Å². The summed E-state index contributed by atoms with van der Waals surface area (Å²) in [5, 5.41) is 14.5. The van der Waals surface area contributed by atoms with Gasteiger partial charge in [0.1, 0.15) is 0 Å². The summed E-state index contributed by atoms with van der Waals surface area (Å²) in [5.41, 5.74) is 1.64. The zero-order valence-electron chi connectivity index (χ0n) is 16.3. The number of hydrogen-bond acceptors (Lipinski definition) is 4. The first kappa shape index (κ1) is 20.8. The minimum Gasteiger partial charge on any atom is -0.336 e. The number of aryl methyl sites for hydroxylation is 1. The van der Waals surface area contributed by atoms with Crippen molar-refractivity contribution in [3.05, 3.63) is 59.7 Å². The summed E-state index contributed by atoms with van der Waals surface area (Å²) >= 11 is 0. The molecular formula is C21H24N4O3S. The van der Waals surface area contributed by atoms with E-state index in [0.29, 0.717) is 29.8 Å². The lowest BCUT2D eigenvalue weighted by Crippen LogP contribution is -2.49. The molecular weight excluding hydrogens is 388 g/mol. The van der Waals surface area contributed by atoms with Gasteiger partial charge < -0.3 is 10.6 Å². The van der Waals surface area contributed by atoms with Crippen LogP contribution >= 0.6 is 0 Å². The number of piperidine rings is 1. The van der Waals surface area contributed by atoms with Gasteiger partial charge >= 0.3 is 6.03 Å². The summed E-state index contributed by atoms with van der Waals surface area (Å²) in [6, 6.07) is 15.0. The van der Waals surface area contributed by atoms with Crippen molar-refractivity contribution in [2.45, 2.75) is 37.1 Å². The molecule has 0 aromatic heterocycles. The normalized spacial score (nSPS) is 17.3. The molecule has 1 fully saturated rings. The Bertz CT molecular complexity index is 1020. The first-order valence-electron chi connectivity index (χ1n) is 9.54. The van der Waals surface area contributed by atoms with Crippen LogP contribution < -0.4 is 10.6 Å². The van der Waals surface area contributed by atoms with Crippen LogP contribution in [0.4, 0.5) is 10.5 Å². The van der Waals surface area contributed by atoms with Crippen molar-refractivity contribution in [3.63, 3.8) is 0 Å². The standard InChI is InChI=1S/C21H24N4O3S/c1-16-13-17(14-22)10-11-20(16)29(27,28)25-12-6-5-9-19(25)15-23-21(26)24-18-7-3-2-4-8-18/h2-4,7-8,10-11,13,19H,5-6,9,12,15H2,1H3,(H2,23,24,26). The highest BCUT2D eigenvalue weighted by molar-refractivity contribution is 7.89. The van der Waals surface area contributed by atoms with Crippen molar-refractivity contribution in [3.8, 4) is 6.07 Å². The molecule has 0 spiro atoms. The zero-order chi connectivity index (χ0) is 20.9. The molecule has 1 aliphatic heterocycles. The number of urea groups is 1. The van der Waals surface area contributed by atoms with E-state index >= 15 is 0 Å². The number of nitriles is 1. The number of anilines is 1. The van der Waals surface area contributed by atoms with Crippen LogP contribution in [0.15, 0.2) is 53.4 Å². The van der Waals surface area contributed by atoms with E-state index in [1.54, 1.807) is 25.1 Å². The molecule has 1 unspecified atom stereocenters. The number of hydrogen-bond donors (Lipinski definition) is 2. The molecule has 1 atom stereocenters. The molecule has 152 valence electrons. The van der Waals surface area contributed by atoms with E-state index < -0.39 is 10.0 Å². The first-order chi connectivity index (χ1) is 13.9. The van der Waals surface area contributed by atoms with E-state index in [1.807, 2.05) is 24.3 Å². The quantitative estimate of drug-likeness (QED) is 0.787. The van der Waals surface area contributed by atoms with Gasteiger partial charge in [-0.3, -0.25) is 0 Å². The summed E-state index contributed by atoms with van der Waals surface area (Å²) in [7, 11) is -3.72. The predicted molar refractivity (Wildman–Crippen MR) is 111 cm³/mol. The lowest BCUT2D eigenvalue weighted by molar-refractivity contribution is 0.231. The van der Waals surface area contributed by atoms with Crippen molar-refractivity contribution in [2.24, 2.45) is 0 Å². The van der Waals surface area contributed by atoms with Crippen molar-refractivity contribution >= 4 is 21.7 Å². The first-order valence-corrected chi connectivity index (χ1v) is 11.0. The molecule has 2 amide bonds. The van der Waals surface area contributed by atoms with E-state index in [1.165, 1.54) is 16.4 Å². The fourth-order valence-corrected chi connectivity index (χ4v) is 5.44. The monoisotopic (exact) mass is 412 g/mol. The maximum Gasteiger partial charge on any atom is 0.319 e. The van der Waals surface area contributed by atoms with Crippen LogP contribution in [0, 0.1) is 18.3 Å². The molecule has 0 radical (unpaired) electrons. The number of carbonyl (C=O) groups is 1. The molecule has 29 heavy (non-hydrogen) atoms. The minimum absolute atomic E-state index is 0.206. The summed E-state index contributed by atoms with van der Waals surface area (Å²) in [5.74, 6) is 0. The van der Waals surface area contributed by atoms with Gasteiger partial charge in [0.15, 0.2) is 0 Å². The number of para-hydroxylation sites is 1. The molecule has 0 bridgehead atoms. The number of nitrogens with zero attached hydrogens (tertiary/aromatic N) is 2. The van der Waals surface area contributed by atoms with Crippen LogP contribution in [0.2, 0.25) is 0 Å². The SMILES string of the molecule is Cc1cc(C#N)ccc1S(=O)(=O)N1CCCCC1CNC(=O)Nc1ccccc1. The molecule has 1 aliphatic rings. The minimum atomic E-state index is -3.72. The zero-order valence-corrected chi connectivity index (χ0v) is 17.1. The molecule has 0 saturated carbocycles. The molecule has 0 aliphatic carbocycles. The summed E-state index contributed by atoms with van der Waals surface area (Å²) < 4.78 is 28.0. The third-order valence-electron chi connectivity index (χ3n) is 4.99. The predicted octanol–water partition coefficient (Wildman–Crippen LogP) is 3.23. The van der Waals surface area contributed by atoms with E-state index in [0.717, 1.165) is 12.8 Å². The van der Waals surface area contributed by atoms with Gasteiger partial charge in [-0.05, 0) is 55.7 Å². The second-order valence-electron chi connectivity index (χ2n) is 7.06. The maximum absolute atomic E-state index is 13.3. The van der Waals surface area contributed by atoms with Crippen LogP contribution in [0.3, 0.4) is 0 Å². The average molecular weight is 413 g/mol. The van der Waals surface area contributed by atoms with Crippen molar-refractivity contribution < 1.29 is 13.2 Å². The fraction of sp³-hybridized carbons (Fsp3) is 0.333. The van der Waals surface area contributed by atoms with Crippen molar-refractivity contribution in [1.82, 2.24) is 9.62 Å². The van der Waals surface area contributed by atoms with E-state index in [2.05, 4.69) is 10.6 Å². The molecule has 2 N–H and O–H groups in total. The van der Waals surface area contributed by atoms with Gasteiger partial charge in [-0.2, -0.15) is 9.57 Å². The molecule has 1 heterocycles. The number of nitrogens with one attached hydrogen (secondary N) is 2. The molecule has 2 aromatic carbocycles. The van der Waals surface area contributed by atoms with E-state index in [-0.39, 0.29) is 23.5 Å². The highest BCUT2D eigenvalue weighted by Crippen LogP contribution is 2.27. The van der Waals surface area contributed by atoms with Gasteiger partial charge in [0.25, 0.3) is 0 Å². The number of benzene rings is 2. The van der Waals surface area contributed by atoms with Crippen LogP contribution in [-0.4, -0.2) is 37.9 Å². The molecule has 1 saturated heterocycles. The molecule has 8 heteroatoms. The third-order valence-corrected chi connectivity index (χ3v) is 7.11. The lowest BCUT2D eigenvalue weighted by atomic mass is 10.1. The molecule has 3 rings (SSSR count). The Hall–Kier alpha value is -2.89. The van der Waals surface area contributed by atoms with Crippen LogP contribution in [-0.2, 0) is 10.0 Å². The van der Waals surface area contributed by atoms with E-state index in [9.17, 15) is 13.2 Å². The average Bonchev–Trinajstić information content (AvgIpc) is 2.73. The van der Waals surface area contributed by atoms with Gasteiger partial charge in [-0.15, -0.1) is 0 Å². The van der Waals surface area contributed by atoms with Gasteiger partial charge in [0, 0.05) is 24.8 Å². The summed E-state index contributed by atoms with van der Waals surface area (Å²) in [4.78, 5) is 12.4. The van der Waals surface area contributed by atoms with Crippen LogP contribution in [0.25, 0.3) is 0 Å². The Morgan fingerprint density at radius 2 is 1.97 bits per heavy atom. The van der Waals surface area contributed by atoms with E-state index in [4.69, 9.17) is 5.26 Å². The van der Waals surface area contributed by atoms with Gasteiger partial charge in [0.05, 0.1) is 16.5 Å². The Morgan fingerprint density at radius 3 is 2.66 bits per heavy atom. The van der Waals surface area contributed by atoms with Gasteiger partial charge in [0.2, 0.25) is 10.0 Å². The number of rotatable bonds is 5. The third kappa shape index (κ3) is 4.94. The summed E-state index contributed by atoms with van der Waals surface area (Å²) in [6.45, 7) is 2.33. The smallest absolute Gasteiger partial charge is 0.319 e. The summed E-state index contributed by atoms with van der Waals surface area (Å²) in [6.07, 6.45) is 2.37.